The maximum Gasteiger partial charge on any atom is 0.242 e. The molecule has 0 saturated heterocycles. The average Bonchev–Trinajstić information content (AvgIpc) is 2.67. The van der Waals surface area contributed by atoms with Crippen molar-refractivity contribution in [2.75, 3.05) is 5.75 Å². The molecule has 0 aliphatic rings. The van der Waals surface area contributed by atoms with Crippen molar-refractivity contribution in [3.05, 3.63) is 70.2 Å². The Morgan fingerprint density at radius 2 is 1.72 bits per heavy atom. The minimum absolute atomic E-state index is 0.0274. The number of carbonyl (C=O) groups is 2. The molecular formula is C23H29ClN2O2S. The highest BCUT2D eigenvalue weighted by Gasteiger charge is 2.26. The lowest BCUT2D eigenvalue weighted by molar-refractivity contribution is -0.138. The number of carbonyl (C=O) groups excluding carboxylic acids is 2. The van der Waals surface area contributed by atoms with Gasteiger partial charge in [-0.15, -0.1) is 11.8 Å². The molecule has 2 aromatic rings. The number of hydrogen-bond acceptors (Lipinski definition) is 3. The van der Waals surface area contributed by atoms with Crippen molar-refractivity contribution >= 4 is 35.2 Å². The first-order chi connectivity index (χ1) is 13.8. The Labute approximate surface area is 183 Å². The number of thioether (sulfide) groups is 1. The summed E-state index contributed by atoms with van der Waals surface area (Å²) in [4.78, 5) is 27.3. The van der Waals surface area contributed by atoms with Gasteiger partial charge < -0.3 is 10.2 Å². The molecule has 2 amide bonds. The topological polar surface area (TPSA) is 49.4 Å². The van der Waals surface area contributed by atoms with Gasteiger partial charge in [-0.05, 0) is 56.5 Å². The Morgan fingerprint density at radius 3 is 2.34 bits per heavy atom. The van der Waals surface area contributed by atoms with E-state index >= 15 is 0 Å². The van der Waals surface area contributed by atoms with E-state index in [4.69, 9.17) is 11.6 Å². The highest BCUT2D eigenvalue weighted by atomic mass is 35.5. The molecule has 2 aromatic carbocycles. The molecular weight excluding hydrogens is 404 g/mol. The third-order valence-electron chi connectivity index (χ3n) is 4.61. The van der Waals surface area contributed by atoms with Gasteiger partial charge in [0.1, 0.15) is 6.04 Å². The predicted molar refractivity (Wildman–Crippen MR) is 122 cm³/mol. The fourth-order valence-corrected chi connectivity index (χ4v) is 3.88. The Balaban J connectivity index is 2.07. The van der Waals surface area contributed by atoms with Crippen LogP contribution >= 0.6 is 23.4 Å². The van der Waals surface area contributed by atoms with Crippen LogP contribution in [-0.4, -0.2) is 34.6 Å². The first-order valence-corrected chi connectivity index (χ1v) is 11.3. The summed E-state index contributed by atoms with van der Waals surface area (Å²) in [6, 6.07) is 15.1. The molecule has 156 valence electrons. The Hall–Kier alpha value is -1.98. The molecule has 1 atom stereocenters. The molecule has 0 aromatic heterocycles. The lowest BCUT2D eigenvalue weighted by atomic mass is 10.1. The number of aryl methyl sites for hydroxylation is 1. The van der Waals surface area contributed by atoms with Gasteiger partial charge in [0.2, 0.25) is 11.8 Å². The van der Waals surface area contributed by atoms with Crippen LogP contribution in [-0.2, 0) is 21.9 Å². The van der Waals surface area contributed by atoms with Crippen LogP contribution in [0.1, 0.15) is 37.5 Å². The van der Waals surface area contributed by atoms with Gasteiger partial charge in [-0.1, -0.05) is 48.0 Å². The summed E-state index contributed by atoms with van der Waals surface area (Å²) in [5.74, 6) is 0.852. The second kappa shape index (κ2) is 11.3. The molecule has 0 aliphatic carbocycles. The van der Waals surface area contributed by atoms with Crippen LogP contribution in [0.5, 0.6) is 0 Å². The van der Waals surface area contributed by atoms with E-state index in [1.54, 1.807) is 23.6 Å². The number of hydrogen-bond donors (Lipinski definition) is 1. The van der Waals surface area contributed by atoms with E-state index in [0.717, 1.165) is 16.7 Å². The summed E-state index contributed by atoms with van der Waals surface area (Å²) >= 11 is 7.46. The van der Waals surface area contributed by atoms with E-state index in [1.807, 2.05) is 69.3 Å². The normalized spacial score (nSPS) is 11.9. The minimum Gasteiger partial charge on any atom is -0.352 e. The van der Waals surface area contributed by atoms with Crippen molar-refractivity contribution in [3.8, 4) is 0 Å². The molecule has 29 heavy (non-hydrogen) atoms. The fourth-order valence-electron chi connectivity index (χ4n) is 2.88. The third-order valence-corrected chi connectivity index (χ3v) is 5.85. The van der Waals surface area contributed by atoms with Crippen LogP contribution in [0.15, 0.2) is 48.5 Å². The highest BCUT2D eigenvalue weighted by Crippen LogP contribution is 2.18. The summed E-state index contributed by atoms with van der Waals surface area (Å²) in [5, 5.41) is 3.61. The maximum atomic E-state index is 13.0. The first kappa shape index (κ1) is 23.3. The lowest BCUT2D eigenvalue weighted by Crippen LogP contribution is -2.49. The van der Waals surface area contributed by atoms with Crippen molar-refractivity contribution in [3.63, 3.8) is 0 Å². The zero-order chi connectivity index (χ0) is 21.4. The van der Waals surface area contributed by atoms with E-state index in [2.05, 4.69) is 5.32 Å². The van der Waals surface area contributed by atoms with Crippen LogP contribution in [0.3, 0.4) is 0 Å². The molecule has 6 heteroatoms. The SMILES string of the molecule is Cc1ccccc1CN(C(=O)CSCc1ccc(Cl)cc1)C(C)C(=O)NC(C)C. The van der Waals surface area contributed by atoms with Gasteiger partial charge in [-0.3, -0.25) is 9.59 Å². The summed E-state index contributed by atoms with van der Waals surface area (Å²) in [5.41, 5.74) is 3.27. The molecule has 1 unspecified atom stereocenters. The van der Waals surface area contributed by atoms with E-state index in [0.29, 0.717) is 23.1 Å². The molecule has 1 N–H and O–H groups in total. The van der Waals surface area contributed by atoms with Gasteiger partial charge in [-0.2, -0.15) is 0 Å². The highest BCUT2D eigenvalue weighted by molar-refractivity contribution is 7.99. The molecule has 0 aliphatic heterocycles. The zero-order valence-corrected chi connectivity index (χ0v) is 19.0. The first-order valence-electron chi connectivity index (χ1n) is 9.74. The van der Waals surface area contributed by atoms with E-state index in [9.17, 15) is 9.59 Å². The van der Waals surface area contributed by atoms with Gasteiger partial charge >= 0.3 is 0 Å². The molecule has 0 bridgehead atoms. The summed E-state index contributed by atoms with van der Waals surface area (Å²) in [6.07, 6.45) is 0. The number of nitrogens with one attached hydrogen (secondary N) is 1. The van der Waals surface area contributed by atoms with E-state index < -0.39 is 6.04 Å². The molecule has 0 saturated carbocycles. The summed E-state index contributed by atoms with van der Waals surface area (Å²) in [7, 11) is 0. The minimum atomic E-state index is -0.541. The third kappa shape index (κ3) is 7.41. The molecule has 0 fully saturated rings. The van der Waals surface area contributed by atoms with Gasteiger partial charge in [-0.25, -0.2) is 0 Å². The number of rotatable bonds is 9. The van der Waals surface area contributed by atoms with E-state index in [1.165, 1.54) is 0 Å². The van der Waals surface area contributed by atoms with Gasteiger partial charge in [0, 0.05) is 23.4 Å². The number of halogens is 1. The van der Waals surface area contributed by atoms with Crippen molar-refractivity contribution in [2.24, 2.45) is 0 Å². The number of benzene rings is 2. The summed E-state index contributed by atoms with van der Waals surface area (Å²) in [6.45, 7) is 8.06. The van der Waals surface area contributed by atoms with Crippen LogP contribution in [0, 0.1) is 6.92 Å². The lowest BCUT2D eigenvalue weighted by Gasteiger charge is -2.30. The Kier molecular flexibility index (Phi) is 9.05. The molecule has 0 heterocycles. The van der Waals surface area contributed by atoms with Crippen molar-refractivity contribution in [1.29, 1.82) is 0 Å². The van der Waals surface area contributed by atoms with Crippen molar-refractivity contribution in [1.82, 2.24) is 10.2 Å². The van der Waals surface area contributed by atoms with Gasteiger partial charge in [0.15, 0.2) is 0 Å². The second-order valence-electron chi connectivity index (χ2n) is 7.41. The maximum absolute atomic E-state index is 13.0. The zero-order valence-electron chi connectivity index (χ0n) is 17.4. The van der Waals surface area contributed by atoms with Crippen molar-refractivity contribution in [2.45, 2.75) is 52.1 Å². The fraction of sp³-hybridized carbons (Fsp3) is 0.391. The van der Waals surface area contributed by atoms with Crippen LogP contribution in [0.25, 0.3) is 0 Å². The monoisotopic (exact) mass is 432 g/mol. The Morgan fingerprint density at radius 1 is 1.07 bits per heavy atom. The van der Waals surface area contributed by atoms with Crippen molar-refractivity contribution < 1.29 is 9.59 Å². The van der Waals surface area contributed by atoms with Crippen LogP contribution < -0.4 is 5.32 Å². The molecule has 4 nitrogen and oxygen atoms in total. The predicted octanol–water partition coefficient (Wildman–Crippen LogP) is 4.82. The van der Waals surface area contributed by atoms with Crippen LogP contribution in [0.4, 0.5) is 0 Å². The average molecular weight is 433 g/mol. The molecule has 0 radical (unpaired) electrons. The Bertz CT molecular complexity index is 824. The van der Waals surface area contributed by atoms with Gasteiger partial charge in [0.25, 0.3) is 0 Å². The van der Waals surface area contributed by atoms with Crippen LogP contribution in [0.2, 0.25) is 5.02 Å². The molecule has 0 spiro atoms. The molecule has 2 rings (SSSR count). The number of nitrogens with zero attached hydrogens (tertiary/aromatic N) is 1. The smallest absolute Gasteiger partial charge is 0.242 e. The number of amides is 2. The summed E-state index contributed by atoms with van der Waals surface area (Å²) < 4.78 is 0. The standard InChI is InChI=1S/C23H29ClN2O2S/c1-16(2)25-23(28)18(4)26(13-20-8-6-5-7-17(20)3)22(27)15-29-14-19-9-11-21(24)12-10-19/h5-12,16,18H,13-15H2,1-4H3,(H,25,28). The largest absolute Gasteiger partial charge is 0.352 e. The quantitative estimate of drug-likeness (QED) is 0.617. The van der Waals surface area contributed by atoms with Gasteiger partial charge in [0.05, 0.1) is 5.75 Å². The van der Waals surface area contributed by atoms with E-state index in [-0.39, 0.29) is 17.9 Å². The second-order valence-corrected chi connectivity index (χ2v) is 8.83.